The molecule has 4 saturated carbocycles. The smallest absolute Gasteiger partial charge is 0.251 e. The van der Waals surface area contributed by atoms with Crippen LogP contribution < -0.4 is 10.9 Å². The fourth-order valence-corrected chi connectivity index (χ4v) is 5.46. The highest BCUT2D eigenvalue weighted by molar-refractivity contribution is 5.93. The maximum absolute atomic E-state index is 12.2. The second-order valence-corrected chi connectivity index (χ2v) is 7.54. The van der Waals surface area contributed by atoms with E-state index in [0.29, 0.717) is 11.0 Å². The maximum atomic E-state index is 12.2. The van der Waals surface area contributed by atoms with Crippen LogP contribution in [-0.2, 0) is 0 Å². The predicted molar refractivity (Wildman–Crippen MR) is 80.0 cm³/mol. The minimum atomic E-state index is -0.225. The van der Waals surface area contributed by atoms with Crippen LogP contribution in [0.25, 0.3) is 0 Å². The van der Waals surface area contributed by atoms with E-state index in [1.165, 1.54) is 50.8 Å². The number of hydrogen-bond acceptors (Lipinski definition) is 2. The molecule has 0 atom stereocenters. The summed E-state index contributed by atoms with van der Waals surface area (Å²) in [4.78, 5) is 26.1. The predicted octanol–water partition coefficient (Wildman–Crippen LogP) is 2.32. The zero-order valence-electron chi connectivity index (χ0n) is 12.2. The van der Waals surface area contributed by atoms with E-state index in [0.717, 1.165) is 24.3 Å². The molecule has 0 saturated heterocycles. The first-order chi connectivity index (χ1) is 10.1. The van der Waals surface area contributed by atoms with Gasteiger partial charge in [-0.1, -0.05) is 0 Å². The number of pyridine rings is 1. The molecule has 0 spiro atoms. The van der Waals surface area contributed by atoms with Crippen LogP contribution in [0.5, 0.6) is 0 Å². The van der Waals surface area contributed by atoms with Crippen LogP contribution in [0, 0.1) is 23.2 Å². The average Bonchev–Trinajstić information content (AvgIpc) is 2.43. The van der Waals surface area contributed by atoms with Gasteiger partial charge in [-0.05, 0) is 67.8 Å². The molecule has 112 valence electrons. The Bertz CT molecular complexity index is 584. The number of H-pyrrole nitrogens is 1. The van der Waals surface area contributed by atoms with E-state index >= 15 is 0 Å². The molecule has 1 amide bonds. The Balaban J connectivity index is 1.45. The standard InChI is InChI=1S/C17H22N2O2/c20-15-6-14(1-2-18-15)16(21)19-10-17-7-11-3-12(8-17)5-13(4-11)9-17/h1-2,6,11-13H,3-5,7-10H2,(H,18,20)(H,19,21). The van der Waals surface area contributed by atoms with E-state index < -0.39 is 0 Å². The first-order valence-electron chi connectivity index (χ1n) is 8.09. The Morgan fingerprint density at radius 1 is 1.19 bits per heavy atom. The van der Waals surface area contributed by atoms with Gasteiger partial charge in [0.2, 0.25) is 5.56 Å². The first kappa shape index (κ1) is 13.1. The first-order valence-corrected chi connectivity index (χ1v) is 8.09. The van der Waals surface area contributed by atoms with E-state index in [2.05, 4.69) is 10.3 Å². The Morgan fingerprint density at radius 3 is 2.38 bits per heavy atom. The van der Waals surface area contributed by atoms with Gasteiger partial charge in [0.25, 0.3) is 5.91 Å². The number of aromatic nitrogens is 1. The molecule has 0 radical (unpaired) electrons. The van der Waals surface area contributed by atoms with Gasteiger partial charge in [0, 0.05) is 24.4 Å². The van der Waals surface area contributed by atoms with Crippen LogP contribution in [0.4, 0.5) is 0 Å². The normalized spacial score (nSPS) is 36.7. The molecular weight excluding hydrogens is 264 g/mol. The van der Waals surface area contributed by atoms with Crippen molar-refractivity contribution in [2.24, 2.45) is 23.2 Å². The van der Waals surface area contributed by atoms with Crippen LogP contribution >= 0.6 is 0 Å². The minimum Gasteiger partial charge on any atom is -0.351 e. The van der Waals surface area contributed by atoms with Crippen molar-refractivity contribution in [2.45, 2.75) is 38.5 Å². The number of hydrogen-bond donors (Lipinski definition) is 2. The SMILES string of the molecule is O=C(NCC12CC3CC(CC(C3)C1)C2)c1cc[nH]c(=O)c1. The summed E-state index contributed by atoms with van der Waals surface area (Å²) in [7, 11) is 0. The summed E-state index contributed by atoms with van der Waals surface area (Å²) in [6.07, 6.45) is 9.64. The highest BCUT2D eigenvalue weighted by atomic mass is 16.2. The topological polar surface area (TPSA) is 62.0 Å². The zero-order chi connectivity index (χ0) is 14.4. The average molecular weight is 286 g/mol. The second-order valence-electron chi connectivity index (χ2n) is 7.54. The molecular formula is C17H22N2O2. The van der Waals surface area contributed by atoms with Gasteiger partial charge in [-0.25, -0.2) is 0 Å². The largest absolute Gasteiger partial charge is 0.351 e. The minimum absolute atomic E-state index is 0.114. The molecule has 4 fully saturated rings. The third-order valence-electron chi connectivity index (χ3n) is 5.83. The van der Waals surface area contributed by atoms with Gasteiger partial charge >= 0.3 is 0 Å². The molecule has 4 aliphatic carbocycles. The molecule has 4 aliphatic rings. The van der Waals surface area contributed by atoms with Crippen molar-refractivity contribution < 1.29 is 4.79 Å². The molecule has 1 aromatic heterocycles. The number of nitrogens with one attached hydrogen (secondary N) is 2. The Morgan fingerprint density at radius 2 is 1.81 bits per heavy atom. The summed E-state index contributed by atoms with van der Waals surface area (Å²) in [5, 5.41) is 3.09. The third kappa shape index (κ3) is 2.41. The summed E-state index contributed by atoms with van der Waals surface area (Å²) >= 11 is 0. The molecule has 4 nitrogen and oxygen atoms in total. The van der Waals surface area contributed by atoms with E-state index in [1.807, 2.05) is 0 Å². The van der Waals surface area contributed by atoms with Crippen LogP contribution in [0.1, 0.15) is 48.9 Å². The summed E-state index contributed by atoms with van der Waals surface area (Å²) < 4.78 is 0. The van der Waals surface area contributed by atoms with Crippen molar-refractivity contribution in [1.82, 2.24) is 10.3 Å². The van der Waals surface area contributed by atoms with Crippen LogP contribution in [0.3, 0.4) is 0 Å². The molecule has 21 heavy (non-hydrogen) atoms. The highest BCUT2D eigenvalue weighted by Crippen LogP contribution is 2.59. The molecule has 5 rings (SSSR count). The number of carbonyl (C=O) groups excluding carboxylic acids is 1. The van der Waals surface area contributed by atoms with Crippen molar-refractivity contribution in [3.05, 3.63) is 34.2 Å². The van der Waals surface area contributed by atoms with Gasteiger partial charge < -0.3 is 10.3 Å². The fraction of sp³-hybridized carbons (Fsp3) is 0.647. The summed E-state index contributed by atoms with van der Waals surface area (Å²) in [6, 6.07) is 3.03. The number of amides is 1. The van der Waals surface area contributed by atoms with Crippen LogP contribution in [-0.4, -0.2) is 17.4 Å². The molecule has 1 heterocycles. The zero-order valence-corrected chi connectivity index (χ0v) is 12.2. The third-order valence-corrected chi connectivity index (χ3v) is 5.83. The Hall–Kier alpha value is -1.58. The summed E-state index contributed by atoms with van der Waals surface area (Å²) in [5.41, 5.74) is 0.576. The molecule has 0 aliphatic heterocycles. The molecule has 4 heteroatoms. The molecule has 1 aromatic rings. The van der Waals surface area contributed by atoms with Gasteiger partial charge in [-0.15, -0.1) is 0 Å². The lowest BCUT2D eigenvalue weighted by atomic mass is 9.49. The van der Waals surface area contributed by atoms with Gasteiger partial charge in [-0.2, -0.15) is 0 Å². The number of aromatic amines is 1. The van der Waals surface area contributed by atoms with Gasteiger partial charge in [0.15, 0.2) is 0 Å². The van der Waals surface area contributed by atoms with E-state index in [4.69, 9.17) is 0 Å². The van der Waals surface area contributed by atoms with E-state index in [-0.39, 0.29) is 11.5 Å². The Kier molecular flexibility index (Phi) is 2.95. The van der Waals surface area contributed by atoms with Crippen molar-refractivity contribution >= 4 is 5.91 Å². The van der Waals surface area contributed by atoms with Crippen molar-refractivity contribution in [3.8, 4) is 0 Å². The quantitative estimate of drug-likeness (QED) is 0.895. The fourth-order valence-electron chi connectivity index (χ4n) is 5.46. The van der Waals surface area contributed by atoms with Gasteiger partial charge in [0.05, 0.1) is 0 Å². The van der Waals surface area contributed by atoms with E-state index in [1.54, 1.807) is 6.07 Å². The lowest BCUT2D eigenvalue weighted by molar-refractivity contribution is -0.0503. The monoisotopic (exact) mass is 286 g/mol. The lowest BCUT2D eigenvalue weighted by Crippen LogP contribution is -2.51. The van der Waals surface area contributed by atoms with Gasteiger partial charge in [0.1, 0.15) is 0 Å². The molecule has 4 bridgehead atoms. The van der Waals surface area contributed by atoms with Gasteiger partial charge in [-0.3, -0.25) is 9.59 Å². The van der Waals surface area contributed by atoms with Crippen LogP contribution in [0.15, 0.2) is 23.1 Å². The molecule has 0 unspecified atom stereocenters. The second kappa shape index (κ2) is 4.72. The number of carbonyl (C=O) groups is 1. The van der Waals surface area contributed by atoms with Crippen molar-refractivity contribution in [3.63, 3.8) is 0 Å². The number of rotatable bonds is 3. The maximum Gasteiger partial charge on any atom is 0.251 e. The van der Waals surface area contributed by atoms with Crippen molar-refractivity contribution in [2.75, 3.05) is 6.54 Å². The summed E-state index contributed by atoms with van der Waals surface area (Å²) in [5.74, 6) is 2.57. The van der Waals surface area contributed by atoms with Crippen molar-refractivity contribution in [1.29, 1.82) is 0 Å². The molecule has 2 N–H and O–H groups in total. The molecule has 0 aromatic carbocycles. The summed E-state index contributed by atoms with van der Waals surface area (Å²) in [6.45, 7) is 0.780. The van der Waals surface area contributed by atoms with Crippen LogP contribution in [0.2, 0.25) is 0 Å². The Labute approximate surface area is 124 Å². The van der Waals surface area contributed by atoms with E-state index in [9.17, 15) is 9.59 Å². The lowest BCUT2D eigenvalue weighted by Gasteiger charge is -2.56. The highest BCUT2D eigenvalue weighted by Gasteiger charge is 2.50.